The number of hydrogen-bond donors (Lipinski definition) is 0. The summed E-state index contributed by atoms with van der Waals surface area (Å²) >= 11 is 5.45. The first kappa shape index (κ1) is 10.7. The summed E-state index contributed by atoms with van der Waals surface area (Å²) < 4.78 is 0.835. The average Bonchev–Trinajstić information content (AvgIpc) is 1.35. The Bertz CT molecular complexity index is 41.4. The second-order valence-electron chi connectivity index (χ2n) is 2.41. The molecule has 0 radical (unpaired) electrons. The fraction of sp³-hybridized carbons (Fsp3) is 1.00. The SMILES string of the molecule is C[N+](C)(C)CCl.[Cr]. The van der Waals surface area contributed by atoms with Crippen LogP contribution in [0.5, 0.6) is 0 Å². The molecule has 0 aromatic carbocycles. The standard InChI is InChI=1S/C4H11ClN.Cr/c1-6(2,3)4-5;/h4H2,1-3H3;/q+1;. The number of rotatable bonds is 1. The molecule has 0 unspecified atom stereocenters. The summed E-state index contributed by atoms with van der Waals surface area (Å²) in [6.45, 7) is 0. The predicted octanol–water partition coefficient (Wildman–Crippen LogP) is 0.886. The quantitative estimate of drug-likeness (QED) is 0.304. The van der Waals surface area contributed by atoms with E-state index < -0.39 is 0 Å². The fourth-order valence-corrected chi connectivity index (χ4v) is 0. The van der Waals surface area contributed by atoms with Crippen molar-refractivity contribution in [3.05, 3.63) is 0 Å². The molecule has 44 valence electrons. The van der Waals surface area contributed by atoms with E-state index in [-0.39, 0.29) is 17.4 Å². The Morgan fingerprint density at radius 2 is 1.43 bits per heavy atom. The molecule has 0 bridgehead atoms. The van der Waals surface area contributed by atoms with Crippen LogP contribution in [0.25, 0.3) is 0 Å². The van der Waals surface area contributed by atoms with E-state index in [0.29, 0.717) is 6.00 Å². The number of alkyl halides is 1. The smallest absolute Gasteiger partial charge is 0.154 e. The van der Waals surface area contributed by atoms with Gasteiger partial charge in [-0.15, -0.1) is 0 Å². The van der Waals surface area contributed by atoms with Gasteiger partial charge in [0.05, 0.1) is 21.1 Å². The molecule has 0 N–H and O–H groups in total. The monoisotopic (exact) mass is 160 g/mol. The van der Waals surface area contributed by atoms with Crippen LogP contribution >= 0.6 is 11.6 Å². The van der Waals surface area contributed by atoms with Gasteiger partial charge in [0.2, 0.25) is 0 Å². The van der Waals surface area contributed by atoms with E-state index in [0.717, 1.165) is 4.48 Å². The van der Waals surface area contributed by atoms with Crippen LogP contribution in [0, 0.1) is 0 Å². The zero-order valence-corrected chi connectivity index (χ0v) is 6.97. The zero-order valence-electron chi connectivity index (χ0n) is 4.94. The second kappa shape index (κ2) is 3.74. The first-order valence-corrected chi connectivity index (χ1v) is 2.46. The summed E-state index contributed by atoms with van der Waals surface area (Å²) in [5, 5.41) is 0. The molecule has 0 aliphatic carbocycles. The minimum absolute atomic E-state index is 0. The third-order valence-corrected chi connectivity index (χ3v) is 1.08. The minimum Gasteiger partial charge on any atom is -0.318 e. The van der Waals surface area contributed by atoms with Crippen molar-refractivity contribution >= 4 is 11.6 Å². The van der Waals surface area contributed by atoms with E-state index >= 15 is 0 Å². The van der Waals surface area contributed by atoms with Crippen LogP contribution in [-0.2, 0) is 17.4 Å². The molecule has 3 heteroatoms. The molecule has 0 saturated heterocycles. The van der Waals surface area contributed by atoms with Gasteiger partial charge >= 0.3 is 0 Å². The summed E-state index contributed by atoms with van der Waals surface area (Å²) in [6.07, 6.45) is 0. The van der Waals surface area contributed by atoms with E-state index in [1.807, 2.05) is 21.1 Å². The summed E-state index contributed by atoms with van der Waals surface area (Å²) in [5.41, 5.74) is 0. The topological polar surface area (TPSA) is 0 Å². The van der Waals surface area contributed by atoms with Crippen molar-refractivity contribution in [1.29, 1.82) is 0 Å². The van der Waals surface area contributed by atoms with Gasteiger partial charge in [-0.2, -0.15) is 0 Å². The van der Waals surface area contributed by atoms with Crippen molar-refractivity contribution in [2.45, 2.75) is 0 Å². The van der Waals surface area contributed by atoms with Crippen LogP contribution in [-0.4, -0.2) is 31.6 Å². The van der Waals surface area contributed by atoms with Gasteiger partial charge in [0, 0.05) is 17.4 Å². The van der Waals surface area contributed by atoms with Gasteiger partial charge in [0.25, 0.3) is 0 Å². The Morgan fingerprint density at radius 1 is 1.29 bits per heavy atom. The Kier molecular flexibility index (Phi) is 5.73. The summed E-state index contributed by atoms with van der Waals surface area (Å²) in [4.78, 5) is 0. The third kappa shape index (κ3) is 10.8. The Morgan fingerprint density at radius 3 is 1.43 bits per heavy atom. The molecule has 0 aliphatic heterocycles. The number of halogens is 1. The van der Waals surface area contributed by atoms with E-state index in [1.165, 1.54) is 0 Å². The van der Waals surface area contributed by atoms with Gasteiger partial charge in [-0.25, -0.2) is 0 Å². The first-order chi connectivity index (χ1) is 2.56. The van der Waals surface area contributed by atoms with Crippen LogP contribution in [0.3, 0.4) is 0 Å². The van der Waals surface area contributed by atoms with Crippen molar-refractivity contribution in [2.75, 3.05) is 27.1 Å². The van der Waals surface area contributed by atoms with Gasteiger partial charge in [0.1, 0.15) is 0 Å². The zero-order chi connectivity index (χ0) is 5.21. The maximum Gasteiger partial charge on any atom is 0.154 e. The molecule has 0 aromatic rings. The van der Waals surface area contributed by atoms with Crippen LogP contribution in [0.4, 0.5) is 0 Å². The normalized spacial score (nSPS) is 10.3. The molecule has 0 spiro atoms. The van der Waals surface area contributed by atoms with Gasteiger partial charge in [-0.05, 0) is 0 Å². The molecular weight excluding hydrogens is 150 g/mol. The summed E-state index contributed by atoms with van der Waals surface area (Å²) in [6, 6.07) is 0.681. The van der Waals surface area contributed by atoms with Crippen LogP contribution in [0.15, 0.2) is 0 Å². The van der Waals surface area contributed by atoms with Crippen molar-refractivity contribution in [3.63, 3.8) is 0 Å². The van der Waals surface area contributed by atoms with E-state index in [4.69, 9.17) is 11.6 Å². The molecule has 0 aliphatic rings. The predicted molar refractivity (Wildman–Crippen MR) is 28.8 cm³/mol. The summed E-state index contributed by atoms with van der Waals surface area (Å²) in [7, 11) is 6.15. The second-order valence-corrected chi connectivity index (χ2v) is 2.65. The van der Waals surface area contributed by atoms with Crippen molar-refractivity contribution in [3.8, 4) is 0 Å². The number of quaternary nitrogens is 1. The van der Waals surface area contributed by atoms with Gasteiger partial charge in [-0.1, -0.05) is 11.6 Å². The minimum atomic E-state index is 0. The summed E-state index contributed by atoms with van der Waals surface area (Å²) in [5.74, 6) is 0. The van der Waals surface area contributed by atoms with Crippen molar-refractivity contribution in [1.82, 2.24) is 0 Å². The molecule has 0 rings (SSSR count). The molecule has 0 heterocycles. The molecule has 1 nitrogen and oxygen atoms in total. The molecule has 0 saturated carbocycles. The molecule has 0 atom stereocenters. The molecule has 0 amide bonds. The fourth-order valence-electron chi connectivity index (χ4n) is 0. The maximum atomic E-state index is 5.45. The maximum absolute atomic E-state index is 5.45. The van der Waals surface area contributed by atoms with Gasteiger partial charge in [-0.3, -0.25) is 0 Å². The van der Waals surface area contributed by atoms with Gasteiger partial charge < -0.3 is 4.48 Å². The van der Waals surface area contributed by atoms with Crippen LogP contribution in [0.2, 0.25) is 0 Å². The molecule has 7 heavy (non-hydrogen) atoms. The van der Waals surface area contributed by atoms with Crippen molar-refractivity contribution < 1.29 is 21.8 Å². The average molecular weight is 161 g/mol. The van der Waals surface area contributed by atoms with E-state index in [1.54, 1.807) is 0 Å². The Labute approximate surface area is 61.0 Å². The molecule has 0 fully saturated rings. The van der Waals surface area contributed by atoms with Gasteiger partial charge in [0.15, 0.2) is 6.00 Å². The number of hydrogen-bond acceptors (Lipinski definition) is 0. The van der Waals surface area contributed by atoms with Crippen molar-refractivity contribution in [2.24, 2.45) is 0 Å². The first-order valence-electron chi connectivity index (χ1n) is 1.93. The Hall–Kier alpha value is 0.782. The Balaban J connectivity index is 0. The van der Waals surface area contributed by atoms with E-state index in [9.17, 15) is 0 Å². The largest absolute Gasteiger partial charge is 0.318 e. The molecular formula is C4H11ClCrN+. The third-order valence-electron chi connectivity index (χ3n) is 0.359. The van der Waals surface area contributed by atoms with E-state index in [2.05, 4.69) is 0 Å². The van der Waals surface area contributed by atoms with Crippen LogP contribution in [0.1, 0.15) is 0 Å². The van der Waals surface area contributed by atoms with Crippen LogP contribution < -0.4 is 0 Å². The molecule has 0 aromatic heterocycles. The number of nitrogens with zero attached hydrogens (tertiary/aromatic N) is 1.